The summed E-state index contributed by atoms with van der Waals surface area (Å²) >= 11 is 1.98. The molecule has 0 bridgehead atoms. The van der Waals surface area contributed by atoms with Crippen LogP contribution in [0.15, 0.2) is 72.8 Å². The molecule has 2 unspecified atom stereocenters. The standard InChI is InChI=1S/C21H20OS/c1-2-7-16(8-3-1)15-22-21-14-13-20(23-21)19-12-6-10-17-9-4-5-11-18(17)19/h1-12,20-21H,13-15H2. The van der Waals surface area contributed by atoms with Crippen LogP contribution in [0.2, 0.25) is 0 Å². The first-order valence-corrected chi connectivity index (χ1v) is 9.13. The summed E-state index contributed by atoms with van der Waals surface area (Å²) in [4.78, 5) is 0. The van der Waals surface area contributed by atoms with Gasteiger partial charge in [-0.1, -0.05) is 72.8 Å². The van der Waals surface area contributed by atoms with Gasteiger partial charge in [0, 0.05) is 5.25 Å². The molecule has 0 radical (unpaired) electrons. The molecule has 1 aliphatic rings. The highest BCUT2D eigenvalue weighted by Gasteiger charge is 2.28. The Hall–Kier alpha value is -1.77. The third-order valence-electron chi connectivity index (χ3n) is 4.43. The lowest BCUT2D eigenvalue weighted by atomic mass is 10.00. The van der Waals surface area contributed by atoms with E-state index in [9.17, 15) is 0 Å². The monoisotopic (exact) mass is 320 g/mol. The zero-order valence-electron chi connectivity index (χ0n) is 13.0. The highest BCUT2D eigenvalue weighted by Crippen LogP contribution is 2.47. The van der Waals surface area contributed by atoms with Crippen LogP contribution in [0.4, 0.5) is 0 Å². The summed E-state index contributed by atoms with van der Waals surface area (Å²) in [6.07, 6.45) is 2.32. The van der Waals surface area contributed by atoms with E-state index in [-0.39, 0.29) is 0 Å². The molecular formula is C21H20OS. The number of hydrogen-bond donors (Lipinski definition) is 0. The van der Waals surface area contributed by atoms with Crippen LogP contribution in [0.3, 0.4) is 0 Å². The van der Waals surface area contributed by atoms with Gasteiger partial charge in [-0.2, -0.15) is 0 Å². The van der Waals surface area contributed by atoms with Crippen LogP contribution in [-0.2, 0) is 11.3 Å². The molecule has 0 amide bonds. The van der Waals surface area contributed by atoms with Crippen molar-refractivity contribution in [2.45, 2.75) is 30.1 Å². The Balaban J connectivity index is 1.45. The highest BCUT2D eigenvalue weighted by molar-refractivity contribution is 8.00. The van der Waals surface area contributed by atoms with Crippen molar-refractivity contribution in [1.29, 1.82) is 0 Å². The Morgan fingerprint density at radius 3 is 2.52 bits per heavy atom. The van der Waals surface area contributed by atoms with Crippen LogP contribution in [0.1, 0.15) is 29.2 Å². The molecule has 0 aliphatic carbocycles. The van der Waals surface area contributed by atoms with E-state index in [4.69, 9.17) is 4.74 Å². The maximum Gasteiger partial charge on any atom is 0.104 e. The summed E-state index contributed by atoms with van der Waals surface area (Å²) < 4.78 is 6.12. The van der Waals surface area contributed by atoms with Gasteiger partial charge in [-0.3, -0.25) is 0 Å². The second-order valence-corrected chi connectivity index (χ2v) is 7.36. The average molecular weight is 320 g/mol. The number of rotatable bonds is 4. The molecule has 3 aromatic carbocycles. The van der Waals surface area contributed by atoms with Crippen molar-refractivity contribution >= 4 is 22.5 Å². The van der Waals surface area contributed by atoms with Gasteiger partial charge in [-0.05, 0) is 34.7 Å². The molecule has 3 aromatic rings. The minimum Gasteiger partial charge on any atom is -0.363 e. The minimum absolute atomic E-state index is 0.305. The molecule has 4 rings (SSSR count). The van der Waals surface area contributed by atoms with Crippen molar-refractivity contribution < 1.29 is 4.74 Å². The first-order valence-electron chi connectivity index (χ1n) is 8.19. The summed E-state index contributed by atoms with van der Waals surface area (Å²) in [6, 6.07) is 25.8. The van der Waals surface area contributed by atoms with Crippen molar-refractivity contribution in [3.63, 3.8) is 0 Å². The van der Waals surface area contributed by atoms with Crippen LogP contribution < -0.4 is 0 Å². The molecule has 1 nitrogen and oxygen atoms in total. The summed E-state index contributed by atoms with van der Waals surface area (Å²) in [5, 5.41) is 3.26. The molecule has 2 heteroatoms. The maximum atomic E-state index is 6.12. The predicted octanol–water partition coefficient (Wildman–Crippen LogP) is 5.95. The van der Waals surface area contributed by atoms with Crippen LogP contribution in [0.5, 0.6) is 0 Å². The van der Waals surface area contributed by atoms with E-state index in [0.29, 0.717) is 17.3 Å². The summed E-state index contributed by atoms with van der Waals surface area (Å²) in [5.74, 6) is 0. The fourth-order valence-electron chi connectivity index (χ4n) is 3.25. The van der Waals surface area contributed by atoms with E-state index in [2.05, 4.69) is 66.7 Å². The SMILES string of the molecule is c1ccc(COC2CCC(c3cccc4ccccc34)S2)cc1. The van der Waals surface area contributed by atoms with Crippen molar-refractivity contribution in [2.75, 3.05) is 0 Å². The molecule has 2 atom stereocenters. The Bertz CT molecular complexity index is 779. The molecular weight excluding hydrogens is 300 g/mol. The molecule has 1 saturated heterocycles. The zero-order chi connectivity index (χ0) is 15.5. The normalized spacial score (nSPS) is 20.9. The van der Waals surface area contributed by atoms with Gasteiger partial charge in [0.25, 0.3) is 0 Å². The molecule has 116 valence electrons. The maximum absolute atomic E-state index is 6.12. The number of benzene rings is 3. The Kier molecular flexibility index (Phi) is 4.36. The van der Waals surface area contributed by atoms with E-state index >= 15 is 0 Å². The Labute approximate surface area is 141 Å². The number of thioether (sulfide) groups is 1. The quantitative estimate of drug-likeness (QED) is 0.587. The summed E-state index contributed by atoms with van der Waals surface area (Å²) in [6.45, 7) is 0.709. The van der Waals surface area contributed by atoms with Crippen molar-refractivity contribution in [1.82, 2.24) is 0 Å². The van der Waals surface area contributed by atoms with Crippen LogP contribution in [-0.4, -0.2) is 5.44 Å². The van der Waals surface area contributed by atoms with Crippen molar-refractivity contribution in [3.05, 3.63) is 83.9 Å². The number of fused-ring (bicyclic) bond motifs is 1. The van der Waals surface area contributed by atoms with Crippen LogP contribution >= 0.6 is 11.8 Å². The fraction of sp³-hybridized carbons (Fsp3) is 0.238. The van der Waals surface area contributed by atoms with Gasteiger partial charge in [0.05, 0.1) is 6.61 Å². The van der Waals surface area contributed by atoms with Gasteiger partial charge in [-0.25, -0.2) is 0 Å². The Morgan fingerprint density at radius 1 is 0.826 bits per heavy atom. The van der Waals surface area contributed by atoms with E-state index in [0.717, 1.165) is 6.42 Å². The predicted molar refractivity (Wildman–Crippen MR) is 98.5 cm³/mol. The van der Waals surface area contributed by atoms with E-state index < -0.39 is 0 Å². The van der Waals surface area contributed by atoms with Gasteiger partial charge >= 0.3 is 0 Å². The lowest BCUT2D eigenvalue weighted by Gasteiger charge is -2.15. The molecule has 23 heavy (non-hydrogen) atoms. The smallest absolute Gasteiger partial charge is 0.104 e. The second-order valence-electron chi connectivity index (χ2n) is 6.00. The van der Waals surface area contributed by atoms with Gasteiger partial charge < -0.3 is 4.74 Å². The van der Waals surface area contributed by atoms with E-state index in [1.807, 2.05) is 17.8 Å². The lowest BCUT2D eigenvalue weighted by Crippen LogP contribution is -2.03. The second kappa shape index (κ2) is 6.77. The highest BCUT2D eigenvalue weighted by atomic mass is 32.2. The van der Waals surface area contributed by atoms with Gasteiger partial charge in [-0.15, -0.1) is 11.8 Å². The molecule has 1 aliphatic heterocycles. The first kappa shape index (κ1) is 14.8. The molecule has 0 N–H and O–H groups in total. The minimum atomic E-state index is 0.305. The van der Waals surface area contributed by atoms with Crippen LogP contribution in [0, 0.1) is 0 Å². The first-order chi connectivity index (χ1) is 11.4. The average Bonchev–Trinajstić information content (AvgIpc) is 3.09. The van der Waals surface area contributed by atoms with Gasteiger partial charge in [0.15, 0.2) is 0 Å². The third-order valence-corrected chi connectivity index (χ3v) is 5.92. The van der Waals surface area contributed by atoms with Crippen molar-refractivity contribution in [2.24, 2.45) is 0 Å². The Morgan fingerprint density at radius 2 is 1.61 bits per heavy atom. The number of ether oxygens (including phenoxy) is 1. The molecule has 0 aromatic heterocycles. The largest absolute Gasteiger partial charge is 0.363 e. The summed E-state index contributed by atoms with van der Waals surface area (Å²) in [7, 11) is 0. The van der Waals surface area contributed by atoms with Crippen LogP contribution in [0.25, 0.3) is 10.8 Å². The molecule has 1 heterocycles. The fourth-order valence-corrected chi connectivity index (χ4v) is 4.66. The molecule has 0 spiro atoms. The van der Waals surface area contributed by atoms with Gasteiger partial charge in [0.2, 0.25) is 0 Å². The van der Waals surface area contributed by atoms with E-state index in [1.165, 1.54) is 28.3 Å². The number of hydrogen-bond acceptors (Lipinski definition) is 2. The lowest BCUT2D eigenvalue weighted by molar-refractivity contribution is 0.0975. The topological polar surface area (TPSA) is 9.23 Å². The summed E-state index contributed by atoms with van der Waals surface area (Å²) in [5.41, 5.74) is 3.01. The third kappa shape index (κ3) is 3.29. The van der Waals surface area contributed by atoms with E-state index in [1.54, 1.807) is 0 Å². The van der Waals surface area contributed by atoms with Crippen molar-refractivity contribution in [3.8, 4) is 0 Å². The zero-order valence-corrected chi connectivity index (χ0v) is 13.8. The molecule has 1 fully saturated rings. The molecule has 0 saturated carbocycles. The van der Waals surface area contributed by atoms with Gasteiger partial charge in [0.1, 0.15) is 5.44 Å².